The van der Waals surface area contributed by atoms with Gasteiger partial charge < -0.3 is 15.2 Å². The monoisotopic (exact) mass is 285 g/mol. The number of aromatic amines is 1. The molecule has 2 aromatic heterocycles. The molecule has 0 fully saturated rings. The average molecular weight is 285 g/mol. The summed E-state index contributed by atoms with van der Waals surface area (Å²) < 4.78 is 5.20. The zero-order valence-electron chi connectivity index (χ0n) is 11.7. The summed E-state index contributed by atoms with van der Waals surface area (Å²) in [4.78, 5) is 8.61. The fourth-order valence-corrected chi connectivity index (χ4v) is 2.05. The molecule has 3 N–H and O–H groups in total. The van der Waals surface area contributed by atoms with Crippen molar-refractivity contribution in [2.24, 2.45) is 0 Å². The number of aromatic nitrogens is 4. The Morgan fingerprint density at radius 2 is 2.14 bits per heavy atom. The largest absolute Gasteiger partial charge is 0.497 e. The number of fused-ring (bicyclic) bond motifs is 1. The van der Waals surface area contributed by atoms with Crippen LogP contribution in [0.15, 0.2) is 24.3 Å². The normalized spacial score (nSPS) is 10.8. The number of nitrogens with zero attached hydrogens (tertiary/aromatic N) is 3. The lowest BCUT2D eigenvalue weighted by molar-refractivity contribution is 0.272. The third-order valence-electron chi connectivity index (χ3n) is 3.04. The molecule has 3 aromatic rings. The van der Waals surface area contributed by atoms with Crippen molar-refractivity contribution < 1.29 is 9.84 Å². The second-order valence-electron chi connectivity index (χ2n) is 4.59. The molecule has 21 heavy (non-hydrogen) atoms. The number of benzene rings is 1. The maximum atomic E-state index is 9.31. The molecule has 0 amide bonds. The number of anilines is 2. The van der Waals surface area contributed by atoms with Gasteiger partial charge in [-0.2, -0.15) is 5.10 Å². The van der Waals surface area contributed by atoms with Gasteiger partial charge in [0.1, 0.15) is 18.2 Å². The minimum absolute atomic E-state index is 0.235. The Kier molecular flexibility index (Phi) is 3.41. The van der Waals surface area contributed by atoms with Gasteiger partial charge >= 0.3 is 0 Å². The van der Waals surface area contributed by atoms with Crippen LogP contribution in [0.3, 0.4) is 0 Å². The van der Waals surface area contributed by atoms with Crippen molar-refractivity contribution >= 4 is 22.5 Å². The summed E-state index contributed by atoms with van der Waals surface area (Å²) in [5.74, 6) is 2.29. The minimum atomic E-state index is -0.235. The highest BCUT2D eigenvalue weighted by molar-refractivity contribution is 5.91. The van der Waals surface area contributed by atoms with Crippen molar-refractivity contribution in [3.05, 3.63) is 35.8 Å². The summed E-state index contributed by atoms with van der Waals surface area (Å²) in [5.41, 5.74) is 1.64. The highest BCUT2D eigenvalue weighted by Crippen LogP contribution is 2.26. The Bertz CT molecular complexity index is 779. The highest BCUT2D eigenvalue weighted by atomic mass is 16.5. The van der Waals surface area contributed by atoms with Gasteiger partial charge in [0.15, 0.2) is 11.6 Å². The molecule has 0 atom stereocenters. The molecule has 0 bridgehead atoms. The fraction of sp³-hybridized carbons (Fsp3) is 0.214. The lowest BCUT2D eigenvalue weighted by Gasteiger charge is -2.09. The van der Waals surface area contributed by atoms with Crippen LogP contribution in [0.2, 0.25) is 0 Å². The molecule has 3 rings (SSSR count). The van der Waals surface area contributed by atoms with Gasteiger partial charge in [0.2, 0.25) is 0 Å². The Labute approximate surface area is 121 Å². The van der Waals surface area contributed by atoms with E-state index in [0.29, 0.717) is 28.7 Å². The van der Waals surface area contributed by atoms with Crippen molar-refractivity contribution in [3.8, 4) is 5.75 Å². The number of aliphatic hydroxyl groups excluding tert-OH is 1. The van der Waals surface area contributed by atoms with Crippen molar-refractivity contribution in [1.82, 2.24) is 20.2 Å². The summed E-state index contributed by atoms with van der Waals surface area (Å²) in [6.07, 6.45) is 0. The van der Waals surface area contributed by atoms with Crippen LogP contribution in [-0.4, -0.2) is 32.4 Å². The van der Waals surface area contributed by atoms with Gasteiger partial charge in [-0.3, -0.25) is 5.10 Å². The van der Waals surface area contributed by atoms with Gasteiger partial charge in [0.25, 0.3) is 0 Å². The molecule has 7 heteroatoms. The van der Waals surface area contributed by atoms with E-state index in [-0.39, 0.29) is 6.61 Å². The van der Waals surface area contributed by atoms with Crippen molar-refractivity contribution in [2.45, 2.75) is 13.5 Å². The maximum absolute atomic E-state index is 9.31. The van der Waals surface area contributed by atoms with E-state index in [0.717, 1.165) is 11.1 Å². The molecule has 108 valence electrons. The smallest absolute Gasteiger partial charge is 0.156 e. The number of aliphatic hydroxyl groups is 1. The molecule has 0 unspecified atom stereocenters. The van der Waals surface area contributed by atoms with Crippen LogP contribution < -0.4 is 10.1 Å². The summed E-state index contributed by atoms with van der Waals surface area (Å²) in [6, 6.07) is 7.38. The molecular weight excluding hydrogens is 270 g/mol. The first-order valence-corrected chi connectivity index (χ1v) is 6.44. The van der Waals surface area contributed by atoms with E-state index in [1.165, 1.54) is 0 Å². The number of hydrogen-bond acceptors (Lipinski definition) is 6. The lowest BCUT2D eigenvalue weighted by atomic mass is 10.2. The Morgan fingerprint density at radius 3 is 2.81 bits per heavy atom. The van der Waals surface area contributed by atoms with Crippen molar-refractivity contribution in [1.29, 1.82) is 0 Å². The van der Waals surface area contributed by atoms with E-state index in [4.69, 9.17) is 4.74 Å². The third-order valence-corrected chi connectivity index (χ3v) is 3.04. The third kappa shape index (κ3) is 2.63. The van der Waals surface area contributed by atoms with Crippen LogP contribution in [0.25, 0.3) is 10.9 Å². The van der Waals surface area contributed by atoms with Gasteiger partial charge in [-0.25, -0.2) is 9.97 Å². The Balaban J connectivity index is 2.10. The Morgan fingerprint density at radius 1 is 1.29 bits per heavy atom. The molecule has 0 saturated heterocycles. The molecule has 0 aliphatic rings. The zero-order valence-corrected chi connectivity index (χ0v) is 11.7. The first kappa shape index (κ1) is 13.3. The second-order valence-corrected chi connectivity index (χ2v) is 4.59. The Hall–Kier alpha value is -2.67. The molecule has 2 heterocycles. The average Bonchev–Trinajstić information content (AvgIpc) is 2.91. The van der Waals surface area contributed by atoms with Gasteiger partial charge in [0.05, 0.1) is 12.6 Å². The molecule has 0 aliphatic heterocycles. The number of rotatable bonds is 4. The molecule has 0 spiro atoms. The van der Waals surface area contributed by atoms with E-state index < -0.39 is 0 Å². The molecule has 0 aliphatic carbocycles. The van der Waals surface area contributed by atoms with Crippen LogP contribution in [0.5, 0.6) is 5.75 Å². The standard InChI is InChI=1S/C14H15N5O2/c1-8-5-12(19-18-8)16-14-10-4-3-9(21-2)6-11(10)15-13(7-20)17-14/h3-6,20H,7H2,1-2H3,(H2,15,16,17,18,19). The summed E-state index contributed by atoms with van der Waals surface area (Å²) in [6.45, 7) is 1.68. The predicted octanol–water partition coefficient (Wildman–Crippen LogP) is 1.91. The number of aryl methyl sites for hydroxylation is 1. The molecule has 0 radical (unpaired) electrons. The molecule has 7 nitrogen and oxygen atoms in total. The number of methoxy groups -OCH3 is 1. The van der Waals surface area contributed by atoms with Crippen LogP contribution in [0.1, 0.15) is 11.5 Å². The van der Waals surface area contributed by atoms with Crippen molar-refractivity contribution in [2.75, 3.05) is 12.4 Å². The van der Waals surface area contributed by atoms with Gasteiger partial charge in [0, 0.05) is 23.2 Å². The van der Waals surface area contributed by atoms with Crippen LogP contribution in [0.4, 0.5) is 11.6 Å². The predicted molar refractivity (Wildman–Crippen MR) is 78.6 cm³/mol. The molecule has 0 saturated carbocycles. The quantitative estimate of drug-likeness (QED) is 0.677. The van der Waals surface area contributed by atoms with Gasteiger partial charge in [-0.15, -0.1) is 0 Å². The minimum Gasteiger partial charge on any atom is -0.497 e. The SMILES string of the molecule is COc1ccc2c(Nc3cc(C)[nH]n3)nc(CO)nc2c1. The highest BCUT2D eigenvalue weighted by Gasteiger charge is 2.10. The number of ether oxygens (including phenoxy) is 1. The van der Waals surface area contributed by atoms with E-state index in [9.17, 15) is 5.11 Å². The second kappa shape index (κ2) is 5.37. The summed E-state index contributed by atoms with van der Waals surface area (Å²) >= 11 is 0. The van der Waals surface area contributed by atoms with E-state index in [2.05, 4.69) is 25.5 Å². The first-order valence-electron chi connectivity index (χ1n) is 6.44. The molecular formula is C14H15N5O2. The summed E-state index contributed by atoms with van der Waals surface area (Å²) in [7, 11) is 1.60. The zero-order chi connectivity index (χ0) is 14.8. The van der Waals surface area contributed by atoms with Gasteiger partial charge in [-0.1, -0.05) is 0 Å². The topological polar surface area (TPSA) is 96.0 Å². The number of hydrogen-bond donors (Lipinski definition) is 3. The van der Waals surface area contributed by atoms with Crippen LogP contribution in [0, 0.1) is 6.92 Å². The first-order chi connectivity index (χ1) is 10.2. The lowest BCUT2D eigenvalue weighted by Crippen LogP contribution is -2.02. The molecule has 1 aromatic carbocycles. The van der Waals surface area contributed by atoms with Crippen LogP contribution in [-0.2, 0) is 6.61 Å². The number of H-pyrrole nitrogens is 1. The maximum Gasteiger partial charge on any atom is 0.156 e. The summed E-state index contributed by atoms with van der Waals surface area (Å²) in [5, 5.41) is 20.3. The number of nitrogens with one attached hydrogen (secondary N) is 2. The van der Waals surface area contributed by atoms with Crippen molar-refractivity contribution in [3.63, 3.8) is 0 Å². The van der Waals surface area contributed by atoms with Crippen LogP contribution >= 0.6 is 0 Å². The van der Waals surface area contributed by atoms with Gasteiger partial charge in [-0.05, 0) is 19.1 Å². The fourth-order valence-electron chi connectivity index (χ4n) is 2.05. The van der Waals surface area contributed by atoms with E-state index in [1.807, 2.05) is 25.1 Å². The van der Waals surface area contributed by atoms with E-state index in [1.54, 1.807) is 13.2 Å². The van der Waals surface area contributed by atoms with E-state index >= 15 is 0 Å².